The average Bonchev–Trinajstić information content (AvgIpc) is 2.29. The van der Waals surface area contributed by atoms with Crippen LogP contribution in [0.2, 0.25) is 0 Å². The number of carbonyl (C=O) groups excluding carboxylic acids is 1. The lowest BCUT2D eigenvalue weighted by atomic mass is 10.1. The number of carbonyl (C=O) groups is 1. The van der Waals surface area contributed by atoms with E-state index in [0.29, 0.717) is 0 Å². The molecule has 0 atom stereocenters. The topological polar surface area (TPSA) is 34.0 Å². The van der Waals surface area contributed by atoms with Gasteiger partial charge in [-0.3, -0.25) is 4.79 Å². The van der Waals surface area contributed by atoms with E-state index in [1.165, 1.54) is 0 Å². The largest absolute Gasteiger partial charge is 0.351 e. The number of nitrogens with one attached hydrogen (secondary N) is 1. The molecule has 0 aromatic carbocycles. The van der Waals surface area contributed by atoms with Crippen LogP contribution in [0.3, 0.4) is 0 Å². The number of hydrogen-bond donors (Lipinski definition) is 1. The fraction of sp³-hybridized carbons (Fsp3) is 0.444. The maximum atomic E-state index is 11.6. The normalized spacial score (nSPS) is 16.3. The molecule has 2 rings (SSSR count). The zero-order chi connectivity index (χ0) is 9.42. The molecule has 1 aliphatic rings. The number of aromatic nitrogens is 1. The van der Waals surface area contributed by atoms with E-state index in [1.54, 1.807) is 0 Å². The van der Waals surface area contributed by atoms with Gasteiger partial charge in [-0.15, -0.1) is 0 Å². The van der Waals surface area contributed by atoms with Crippen LogP contribution in [0, 0.1) is 0 Å². The maximum absolute atomic E-state index is 11.6. The maximum Gasteiger partial charge on any atom is 0.268 e. The van der Waals surface area contributed by atoms with Gasteiger partial charge in [0.15, 0.2) is 0 Å². The van der Waals surface area contributed by atoms with Crippen molar-refractivity contribution in [1.29, 1.82) is 0 Å². The summed E-state index contributed by atoms with van der Waals surface area (Å²) in [6.45, 7) is 0.783. The summed E-state index contributed by atoms with van der Waals surface area (Å²) >= 11 is 3.41. The van der Waals surface area contributed by atoms with E-state index in [1.807, 2.05) is 17.7 Å². The van der Waals surface area contributed by atoms with Gasteiger partial charge in [-0.05, 0) is 40.4 Å². The number of rotatable bonds is 0. The quantitative estimate of drug-likeness (QED) is 0.735. The van der Waals surface area contributed by atoms with Gasteiger partial charge in [-0.25, -0.2) is 0 Å². The number of nitrogens with zero attached hydrogens (tertiary/aromatic N) is 1. The van der Waals surface area contributed by atoms with Gasteiger partial charge in [0.2, 0.25) is 0 Å². The van der Waals surface area contributed by atoms with Crippen molar-refractivity contribution in [2.75, 3.05) is 6.54 Å². The third kappa shape index (κ3) is 1.39. The molecule has 1 aromatic heterocycles. The summed E-state index contributed by atoms with van der Waals surface area (Å²) in [7, 11) is 1.90. The number of amides is 1. The summed E-state index contributed by atoms with van der Waals surface area (Å²) in [5.41, 5.74) is 1.94. The highest BCUT2D eigenvalue weighted by molar-refractivity contribution is 9.10. The van der Waals surface area contributed by atoms with Crippen molar-refractivity contribution in [2.45, 2.75) is 12.8 Å². The molecule has 1 aromatic rings. The number of halogens is 1. The lowest BCUT2D eigenvalue weighted by Gasteiger charge is -2.03. The third-order valence-electron chi connectivity index (χ3n) is 2.38. The molecule has 0 saturated heterocycles. The summed E-state index contributed by atoms with van der Waals surface area (Å²) in [5.74, 6) is 0.0423. The first-order valence-corrected chi connectivity index (χ1v) is 5.11. The van der Waals surface area contributed by atoms with Crippen LogP contribution in [0.4, 0.5) is 0 Å². The Morgan fingerprint density at radius 2 is 2.38 bits per heavy atom. The Morgan fingerprint density at radius 1 is 1.62 bits per heavy atom. The molecule has 0 aliphatic carbocycles. The first-order valence-electron chi connectivity index (χ1n) is 4.32. The Kier molecular flexibility index (Phi) is 2.15. The Morgan fingerprint density at radius 3 is 3.15 bits per heavy atom. The van der Waals surface area contributed by atoms with Crippen LogP contribution in [-0.4, -0.2) is 17.0 Å². The molecule has 1 amide bonds. The number of fused-ring (bicyclic) bond motifs is 1. The average molecular weight is 243 g/mol. The van der Waals surface area contributed by atoms with E-state index in [9.17, 15) is 4.79 Å². The zero-order valence-electron chi connectivity index (χ0n) is 7.43. The molecule has 0 fully saturated rings. The van der Waals surface area contributed by atoms with Crippen LogP contribution in [0.1, 0.15) is 22.5 Å². The minimum absolute atomic E-state index is 0.0423. The van der Waals surface area contributed by atoms with Crippen molar-refractivity contribution >= 4 is 21.8 Å². The minimum Gasteiger partial charge on any atom is -0.351 e. The van der Waals surface area contributed by atoms with Gasteiger partial charge in [-0.1, -0.05) is 0 Å². The fourth-order valence-electron chi connectivity index (χ4n) is 1.68. The summed E-state index contributed by atoms with van der Waals surface area (Å²) in [5, 5.41) is 2.87. The smallest absolute Gasteiger partial charge is 0.268 e. The SMILES string of the molecule is Cn1c(Br)cc2c1C(=O)NCCC2. The van der Waals surface area contributed by atoms with E-state index < -0.39 is 0 Å². The Hall–Kier alpha value is -0.770. The number of aryl methyl sites for hydroxylation is 1. The van der Waals surface area contributed by atoms with Gasteiger partial charge in [0.25, 0.3) is 5.91 Å². The highest BCUT2D eigenvalue weighted by Crippen LogP contribution is 2.22. The highest BCUT2D eigenvalue weighted by Gasteiger charge is 2.19. The lowest BCUT2D eigenvalue weighted by Crippen LogP contribution is -2.24. The molecule has 1 aliphatic heterocycles. The van der Waals surface area contributed by atoms with Crippen molar-refractivity contribution in [3.05, 3.63) is 21.9 Å². The molecular weight excluding hydrogens is 232 g/mol. The van der Waals surface area contributed by atoms with Crippen molar-refractivity contribution in [1.82, 2.24) is 9.88 Å². The molecule has 70 valence electrons. The summed E-state index contributed by atoms with van der Waals surface area (Å²) < 4.78 is 2.85. The second-order valence-electron chi connectivity index (χ2n) is 3.26. The lowest BCUT2D eigenvalue weighted by molar-refractivity contribution is 0.0948. The predicted octanol–water partition coefficient (Wildman–Crippen LogP) is 1.46. The van der Waals surface area contributed by atoms with Crippen molar-refractivity contribution in [3.8, 4) is 0 Å². The van der Waals surface area contributed by atoms with Gasteiger partial charge in [0, 0.05) is 13.6 Å². The molecule has 0 spiro atoms. The van der Waals surface area contributed by atoms with E-state index in [2.05, 4.69) is 21.2 Å². The third-order valence-corrected chi connectivity index (χ3v) is 3.14. The second-order valence-corrected chi connectivity index (χ2v) is 4.07. The van der Waals surface area contributed by atoms with Gasteiger partial charge in [0.1, 0.15) is 5.69 Å². The summed E-state index contributed by atoms with van der Waals surface area (Å²) in [6.07, 6.45) is 2.00. The minimum atomic E-state index is 0.0423. The number of hydrogen-bond acceptors (Lipinski definition) is 1. The molecule has 0 saturated carbocycles. The molecule has 1 N–H and O–H groups in total. The van der Waals surface area contributed by atoms with Crippen molar-refractivity contribution in [3.63, 3.8) is 0 Å². The highest BCUT2D eigenvalue weighted by atomic mass is 79.9. The van der Waals surface area contributed by atoms with E-state index in [0.717, 1.165) is 35.2 Å². The van der Waals surface area contributed by atoms with Gasteiger partial charge in [0.05, 0.1) is 4.60 Å². The van der Waals surface area contributed by atoms with Crippen LogP contribution in [0.5, 0.6) is 0 Å². The van der Waals surface area contributed by atoms with E-state index >= 15 is 0 Å². The van der Waals surface area contributed by atoms with Gasteiger partial charge < -0.3 is 9.88 Å². The standard InChI is InChI=1S/C9H11BrN2O/c1-12-7(10)5-6-3-2-4-11-9(13)8(6)12/h5H,2-4H2,1H3,(H,11,13). The van der Waals surface area contributed by atoms with Gasteiger partial charge in [-0.2, -0.15) is 0 Å². The molecule has 2 heterocycles. The van der Waals surface area contributed by atoms with Crippen LogP contribution in [0.15, 0.2) is 10.7 Å². The van der Waals surface area contributed by atoms with E-state index in [4.69, 9.17) is 0 Å². The van der Waals surface area contributed by atoms with Crippen LogP contribution < -0.4 is 5.32 Å². The monoisotopic (exact) mass is 242 g/mol. The van der Waals surface area contributed by atoms with Crippen LogP contribution in [0.25, 0.3) is 0 Å². The Balaban J connectivity index is 2.54. The molecule has 0 radical (unpaired) electrons. The predicted molar refractivity (Wildman–Crippen MR) is 53.8 cm³/mol. The zero-order valence-corrected chi connectivity index (χ0v) is 9.02. The first kappa shape index (κ1) is 8.81. The summed E-state index contributed by atoms with van der Waals surface area (Å²) in [4.78, 5) is 11.6. The van der Waals surface area contributed by atoms with Crippen molar-refractivity contribution < 1.29 is 4.79 Å². The molecule has 13 heavy (non-hydrogen) atoms. The second kappa shape index (κ2) is 3.18. The van der Waals surface area contributed by atoms with E-state index in [-0.39, 0.29) is 5.91 Å². The van der Waals surface area contributed by atoms with Gasteiger partial charge >= 0.3 is 0 Å². The van der Waals surface area contributed by atoms with Crippen LogP contribution in [-0.2, 0) is 13.5 Å². The molecule has 4 heteroatoms. The molecule has 0 bridgehead atoms. The molecule has 3 nitrogen and oxygen atoms in total. The Labute approximate surface area is 85.2 Å². The first-order chi connectivity index (χ1) is 6.20. The van der Waals surface area contributed by atoms with Crippen molar-refractivity contribution in [2.24, 2.45) is 7.05 Å². The van der Waals surface area contributed by atoms with Crippen LogP contribution >= 0.6 is 15.9 Å². The fourth-order valence-corrected chi connectivity index (χ4v) is 2.14. The molecular formula is C9H11BrN2O. The molecule has 0 unspecified atom stereocenters. The Bertz CT molecular complexity index is 357. The summed E-state index contributed by atoms with van der Waals surface area (Å²) in [6, 6.07) is 2.03.